The lowest BCUT2D eigenvalue weighted by molar-refractivity contribution is -0.138. The van der Waals surface area contributed by atoms with Gasteiger partial charge in [0.05, 0.1) is 32.0 Å². The van der Waals surface area contributed by atoms with E-state index in [1.165, 1.54) is 93.9 Å². The molecule has 0 aliphatic carbocycles. The number of hydrogen-bond donors (Lipinski definition) is 0. The molecular weight excluding hydrogens is 717 g/mol. The van der Waals surface area contributed by atoms with Gasteiger partial charge in [-0.2, -0.15) is 0 Å². The molecule has 0 N–H and O–H groups in total. The Bertz CT molecular complexity index is 1550. The minimum absolute atomic E-state index is 0.336. The van der Waals surface area contributed by atoms with Gasteiger partial charge in [0.25, 0.3) is 0 Å². The Kier molecular flexibility index (Phi) is 24.7. The van der Waals surface area contributed by atoms with Gasteiger partial charge < -0.3 is 23.7 Å². The second-order valence-electron chi connectivity index (χ2n) is 14.5. The van der Waals surface area contributed by atoms with Crippen LogP contribution in [0.15, 0.2) is 98.1 Å². The fourth-order valence-corrected chi connectivity index (χ4v) is 6.34. The number of carbonyl (C=O) groups excluding carboxylic acids is 3. The summed E-state index contributed by atoms with van der Waals surface area (Å²) in [6.45, 7) is 9.17. The average Bonchev–Trinajstić information content (AvgIpc) is 3.24. The van der Waals surface area contributed by atoms with Crippen molar-refractivity contribution >= 4 is 17.9 Å². The molecule has 0 heterocycles. The number of rotatable bonds is 33. The van der Waals surface area contributed by atoms with E-state index in [0.717, 1.165) is 75.9 Å². The van der Waals surface area contributed by atoms with E-state index >= 15 is 0 Å². The van der Waals surface area contributed by atoms with Crippen molar-refractivity contribution in [3.8, 4) is 17.2 Å². The fraction of sp³-hybridized carbons (Fsp3) is 0.490. The Morgan fingerprint density at radius 3 is 1.09 bits per heavy atom. The first-order valence-corrected chi connectivity index (χ1v) is 21.3. The topological polar surface area (TPSA) is 97.4 Å². The van der Waals surface area contributed by atoms with Crippen LogP contribution in [0.2, 0.25) is 0 Å². The molecule has 3 aromatic rings. The Morgan fingerprint density at radius 1 is 0.404 bits per heavy atom. The highest BCUT2D eigenvalue weighted by atomic mass is 16.5. The third-order valence-corrected chi connectivity index (χ3v) is 9.79. The van der Waals surface area contributed by atoms with Gasteiger partial charge in [0.1, 0.15) is 17.2 Å². The van der Waals surface area contributed by atoms with Crippen LogP contribution in [0.25, 0.3) is 0 Å². The van der Waals surface area contributed by atoms with Crippen molar-refractivity contribution in [1.29, 1.82) is 0 Å². The van der Waals surface area contributed by atoms with Gasteiger partial charge in [-0.05, 0) is 98.2 Å². The molecule has 3 aromatic carbocycles. The van der Waals surface area contributed by atoms with Gasteiger partial charge in [0.15, 0.2) is 0 Å². The zero-order valence-corrected chi connectivity index (χ0v) is 34.2. The summed E-state index contributed by atoms with van der Waals surface area (Å²) in [6.07, 6.45) is 24.8. The number of ether oxygens (including phenoxy) is 5. The van der Waals surface area contributed by atoms with Crippen molar-refractivity contribution in [2.45, 2.75) is 128 Å². The molecule has 0 atom stereocenters. The molecule has 8 nitrogen and oxygen atoms in total. The summed E-state index contributed by atoms with van der Waals surface area (Å²) < 4.78 is 27.5. The van der Waals surface area contributed by atoms with E-state index in [1.807, 2.05) is 36.4 Å². The highest BCUT2D eigenvalue weighted by molar-refractivity contribution is 5.91. The highest BCUT2D eigenvalue weighted by Crippen LogP contribution is 2.20. The van der Waals surface area contributed by atoms with Crippen molar-refractivity contribution in [3.05, 3.63) is 115 Å². The van der Waals surface area contributed by atoms with Crippen molar-refractivity contribution in [2.75, 3.05) is 26.4 Å². The lowest BCUT2D eigenvalue weighted by Crippen LogP contribution is -2.08. The molecule has 57 heavy (non-hydrogen) atoms. The molecule has 0 spiro atoms. The van der Waals surface area contributed by atoms with Crippen LogP contribution in [-0.4, -0.2) is 44.3 Å². The number of esters is 3. The molecule has 0 unspecified atom stereocenters. The van der Waals surface area contributed by atoms with Crippen LogP contribution in [0.4, 0.5) is 0 Å². The summed E-state index contributed by atoms with van der Waals surface area (Å²) in [4.78, 5) is 34.8. The number of carbonyl (C=O) groups is 3. The van der Waals surface area contributed by atoms with Crippen LogP contribution in [-0.2, 0) is 31.9 Å². The average molecular weight is 783 g/mol. The summed E-state index contributed by atoms with van der Waals surface area (Å²) in [5.41, 5.74) is 2.92. The molecule has 0 aliphatic rings. The van der Waals surface area contributed by atoms with Crippen LogP contribution < -0.4 is 14.2 Å². The third kappa shape index (κ3) is 22.5. The lowest BCUT2D eigenvalue weighted by atomic mass is 10.0. The van der Waals surface area contributed by atoms with Crippen molar-refractivity contribution in [1.82, 2.24) is 0 Å². The monoisotopic (exact) mass is 782 g/mol. The minimum Gasteiger partial charge on any atom is -0.494 e. The zero-order chi connectivity index (χ0) is 40.6. The molecule has 0 radical (unpaired) electrons. The van der Waals surface area contributed by atoms with Crippen LogP contribution in [0.1, 0.15) is 137 Å². The number of unbranched alkanes of at least 4 members (excludes halogenated alkanes) is 16. The predicted octanol–water partition coefficient (Wildman–Crippen LogP) is 11.9. The van der Waals surface area contributed by atoms with Gasteiger partial charge >= 0.3 is 17.9 Å². The van der Waals surface area contributed by atoms with Crippen molar-refractivity contribution in [2.24, 2.45) is 0 Å². The molecular formula is C49H66O8. The molecule has 0 amide bonds. The molecule has 0 aromatic heterocycles. The normalized spacial score (nSPS) is 10.7. The van der Waals surface area contributed by atoms with Gasteiger partial charge in [-0.25, -0.2) is 14.4 Å². The van der Waals surface area contributed by atoms with Gasteiger partial charge in [-0.1, -0.05) is 127 Å². The van der Waals surface area contributed by atoms with Gasteiger partial charge in [-0.15, -0.1) is 0 Å². The molecule has 0 saturated heterocycles. The summed E-state index contributed by atoms with van der Waals surface area (Å²) in [5.74, 6) is 1.12. The van der Waals surface area contributed by atoms with Gasteiger partial charge in [0.2, 0.25) is 0 Å². The van der Waals surface area contributed by atoms with E-state index in [0.29, 0.717) is 31.1 Å². The molecule has 0 saturated carbocycles. The maximum Gasteiger partial charge on any atom is 0.343 e. The van der Waals surface area contributed by atoms with E-state index in [4.69, 9.17) is 23.7 Å². The van der Waals surface area contributed by atoms with E-state index in [2.05, 4.69) is 37.4 Å². The molecule has 0 fully saturated rings. The van der Waals surface area contributed by atoms with E-state index in [9.17, 15) is 14.4 Å². The summed E-state index contributed by atoms with van der Waals surface area (Å²) in [5, 5.41) is 0. The Labute approximate surface area is 342 Å². The SMILES string of the molecule is C=CC(=O)OCCCCCCCCCCCOc1ccc(CCc2ccc(OC(=O)c3ccc(OCCCCCCCCCCCOC(=O)C=C)cc3)cc2)cc1. The maximum atomic E-state index is 12.8. The van der Waals surface area contributed by atoms with Crippen molar-refractivity contribution < 1.29 is 38.1 Å². The fourth-order valence-electron chi connectivity index (χ4n) is 6.34. The van der Waals surface area contributed by atoms with Crippen LogP contribution >= 0.6 is 0 Å². The van der Waals surface area contributed by atoms with Crippen LogP contribution in [0.3, 0.4) is 0 Å². The molecule has 0 bridgehead atoms. The first-order chi connectivity index (χ1) is 28.0. The van der Waals surface area contributed by atoms with Crippen LogP contribution in [0, 0.1) is 0 Å². The molecule has 8 heteroatoms. The van der Waals surface area contributed by atoms with Gasteiger partial charge in [0, 0.05) is 12.2 Å². The summed E-state index contributed by atoms with van der Waals surface area (Å²) in [6, 6.07) is 23.2. The van der Waals surface area contributed by atoms with E-state index in [-0.39, 0.29) is 11.9 Å². The van der Waals surface area contributed by atoms with Crippen LogP contribution in [0.5, 0.6) is 17.2 Å². The first kappa shape index (κ1) is 46.5. The number of benzene rings is 3. The second-order valence-corrected chi connectivity index (χ2v) is 14.5. The first-order valence-electron chi connectivity index (χ1n) is 21.3. The van der Waals surface area contributed by atoms with E-state index in [1.54, 1.807) is 12.1 Å². The maximum absolute atomic E-state index is 12.8. The number of hydrogen-bond acceptors (Lipinski definition) is 8. The molecule has 310 valence electrons. The Morgan fingerprint density at radius 2 is 0.719 bits per heavy atom. The standard InChI is InChI=1S/C49H66O8/c1-3-47(50)55-39-21-17-13-9-5-7-11-15-19-37-53-44-31-25-41(26-32-44)23-24-42-27-33-46(34-28-42)57-49(52)43-29-35-45(36-30-43)54-38-20-16-12-8-6-10-14-18-22-40-56-48(51)4-2/h3-4,25-36H,1-2,5-24,37-40H2. The Hall–Kier alpha value is -4.85. The van der Waals surface area contributed by atoms with Gasteiger partial charge in [-0.3, -0.25) is 0 Å². The summed E-state index contributed by atoms with van der Waals surface area (Å²) >= 11 is 0. The summed E-state index contributed by atoms with van der Waals surface area (Å²) in [7, 11) is 0. The second kappa shape index (κ2) is 30.3. The molecule has 0 aliphatic heterocycles. The quantitative estimate of drug-likeness (QED) is 0.0261. The molecule has 3 rings (SSSR count). The smallest absolute Gasteiger partial charge is 0.343 e. The Balaban J connectivity index is 1.18. The number of aryl methyl sites for hydroxylation is 2. The predicted molar refractivity (Wildman–Crippen MR) is 228 cm³/mol. The largest absolute Gasteiger partial charge is 0.494 e. The zero-order valence-electron chi connectivity index (χ0n) is 34.2. The van der Waals surface area contributed by atoms with Crippen molar-refractivity contribution in [3.63, 3.8) is 0 Å². The highest BCUT2D eigenvalue weighted by Gasteiger charge is 2.09. The lowest BCUT2D eigenvalue weighted by Gasteiger charge is -2.09. The third-order valence-electron chi connectivity index (χ3n) is 9.79. The van der Waals surface area contributed by atoms with E-state index < -0.39 is 5.97 Å². The minimum atomic E-state index is -0.391.